The van der Waals surface area contributed by atoms with Gasteiger partial charge in [0.05, 0.1) is 0 Å². The summed E-state index contributed by atoms with van der Waals surface area (Å²) in [5.74, 6) is -0.0314. The third-order valence-corrected chi connectivity index (χ3v) is 3.59. The number of amides is 2. The van der Waals surface area contributed by atoms with Crippen LogP contribution in [0.4, 0.5) is 10.5 Å². The molecular weight excluding hydrogens is 294 g/mol. The van der Waals surface area contributed by atoms with Gasteiger partial charge >= 0.3 is 6.09 Å². The first-order chi connectivity index (χ1) is 10.8. The Morgan fingerprint density at radius 3 is 2.17 bits per heavy atom. The SMILES string of the molecule is CC(C)(C)OC(=O)N1CCCN(C(=O)c2ccc(N)cc2)CC1. The van der Waals surface area contributed by atoms with Gasteiger partial charge in [-0.15, -0.1) is 0 Å². The zero-order valence-corrected chi connectivity index (χ0v) is 14.0. The molecule has 0 saturated carbocycles. The van der Waals surface area contributed by atoms with Crippen LogP contribution >= 0.6 is 0 Å². The zero-order chi connectivity index (χ0) is 17.0. The number of nitrogen functional groups attached to an aromatic ring is 1. The lowest BCUT2D eigenvalue weighted by atomic mass is 10.2. The van der Waals surface area contributed by atoms with Crippen LogP contribution in [0.25, 0.3) is 0 Å². The van der Waals surface area contributed by atoms with Gasteiger partial charge in [0, 0.05) is 37.4 Å². The molecule has 1 heterocycles. The molecule has 0 radical (unpaired) electrons. The lowest BCUT2D eigenvalue weighted by molar-refractivity contribution is 0.0255. The number of ether oxygens (including phenoxy) is 1. The molecule has 1 aromatic rings. The van der Waals surface area contributed by atoms with E-state index in [-0.39, 0.29) is 12.0 Å². The minimum atomic E-state index is -0.511. The first-order valence-corrected chi connectivity index (χ1v) is 7.89. The second-order valence-electron chi connectivity index (χ2n) is 6.74. The fraction of sp³-hybridized carbons (Fsp3) is 0.529. The number of rotatable bonds is 1. The van der Waals surface area contributed by atoms with Gasteiger partial charge in [-0.25, -0.2) is 4.79 Å². The van der Waals surface area contributed by atoms with Crippen molar-refractivity contribution in [3.05, 3.63) is 29.8 Å². The Labute approximate surface area is 137 Å². The largest absolute Gasteiger partial charge is 0.444 e. The van der Waals surface area contributed by atoms with E-state index >= 15 is 0 Å². The molecule has 2 amide bonds. The third kappa shape index (κ3) is 4.87. The van der Waals surface area contributed by atoms with E-state index < -0.39 is 5.60 Å². The Balaban J connectivity index is 1.97. The average Bonchev–Trinajstić information content (AvgIpc) is 2.71. The standard InChI is InChI=1S/C17H25N3O3/c1-17(2,3)23-16(22)20-10-4-9-19(11-12-20)15(21)13-5-7-14(18)8-6-13/h5-8H,4,9-12,18H2,1-3H3. The molecule has 0 bridgehead atoms. The summed E-state index contributed by atoms with van der Waals surface area (Å²) in [7, 11) is 0. The van der Waals surface area contributed by atoms with E-state index in [1.165, 1.54) is 0 Å². The van der Waals surface area contributed by atoms with Gasteiger partial charge in [0.2, 0.25) is 0 Å². The van der Waals surface area contributed by atoms with Crippen molar-refractivity contribution < 1.29 is 14.3 Å². The summed E-state index contributed by atoms with van der Waals surface area (Å²) in [6.07, 6.45) is 0.416. The van der Waals surface area contributed by atoms with Crippen LogP contribution in [0.15, 0.2) is 24.3 Å². The summed E-state index contributed by atoms with van der Waals surface area (Å²) in [4.78, 5) is 28.1. The van der Waals surface area contributed by atoms with E-state index in [9.17, 15) is 9.59 Å². The molecule has 0 aliphatic carbocycles. The molecule has 6 heteroatoms. The van der Waals surface area contributed by atoms with Crippen molar-refractivity contribution in [3.63, 3.8) is 0 Å². The van der Waals surface area contributed by atoms with Gasteiger partial charge in [0.1, 0.15) is 5.60 Å². The fourth-order valence-corrected chi connectivity index (χ4v) is 2.44. The Morgan fingerprint density at radius 1 is 1.00 bits per heavy atom. The molecule has 6 nitrogen and oxygen atoms in total. The molecule has 0 aromatic heterocycles. The van der Waals surface area contributed by atoms with E-state index in [0.29, 0.717) is 37.4 Å². The fourth-order valence-electron chi connectivity index (χ4n) is 2.44. The smallest absolute Gasteiger partial charge is 0.410 e. The minimum Gasteiger partial charge on any atom is -0.444 e. The van der Waals surface area contributed by atoms with Gasteiger partial charge in [-0.1, -0.05) is 0 Å². The molecule has 2 N–H and O–H groups in total. The highest BCUT2D eigenvalue weighted by molar-refractivity contribution is 5.94. The maximum atomic E-state index is 12.5. The molecule has 1 aliphatic rings. The number of hydrogen-bond acceptors (Lipinski definition) is 4. The number of benzene rings is 1. The van der Waals surface area contributed by atoms with Crippen LogP contribution in [0.5, 0.6) is 0 Å². The highest BCUT2D eigenvalue weighted by Crippen LogP contribution is 2.14. The highest BCUT2D eigenvalue weighted by atomic mass is 16.6. The van der Waals surface area contributed by atoms with Crippen LogP contribution in [0.2, 0.25) is 0 Å². The predicted octanol–water partition coefficient (Wildman–Crippen LogP) is 2.35. The summed E-state index contributed by atoms with van der Waals surface area (Å²) in [5, 5.41) is 0. The van der Waals surface area contributed by atoms with Gasteiger partial charge in [-0.3, -0.25) is 4.79 Å². The molecule has 126 valence electrons. The second-order valence-corrected chi connectivity index (χ2v) is 6.74. The van der Waals surface area contributed by atoms with E-state index in [1.54, 1.807) is 34.1 Å². The van der Waals surface area contributed by atoms with Crippen molar-refractivity contribution in [2.45, 2.75) is 32.8 Å². The Bertz CT molecular complexity index is 563. The predicted molar refractivity (Wildman–Crippen MR) is 89.2 cm³/mol. The van der Waals surface area contributed by atoms with Crippen LogP contribution in [0.3, 0.4) is 0 Å². The number of nitrogens with zero attached hydrogens (tertiary/aromatic N) is 2. The molecule has 2 rings (SSSR count). The summed E-state index contributed by atoms with van der Waals surface area (Å²) in [5.41, 5.74) is 6.39. The molecule has 0 atom stereocenters. The van der Waals surface area contributed by atoms with Crippen molar-refractivity contribution in [2.24, 2.45) is 0 Å². The number of nitrogens with two attached hydrogens (primary N) is 1. The zero-order valence-electron chi connectivity index (χ0n) is 14.0. The average molecular weight is 319 g/mol. The van der Waals surface area contributed by atoms with Crippen molar-refractivity contribution in [3.8, 4) is 0 Å². The number of anilines is 1. The quantitative estimate of drug-likeness (QED) is 0.806. The summed E-state index contributed by atoms with van der Waals surface area (Å²) < 4.78 is 5.40. The van der Waals surface area contributed by atoms with Crippen LogP contribution in [-0.4, -0.2) is 53.6 Å². The van der Waals surface area contributed by atoms with Crippen LogP contribution < -0.4 is 5.73 Å². The van der Waals surface area contributed by atoms with Crippen molar-refractivity contribution in [2.75, 3.05) is 31.9 Å². The van der Waals surface area contributed by atoms with Crippen molar-refractivity contribution >= 4 is 17.7 Å². The third-order valence-electron chi connectivity index (χ3n) is 3.59. The maximum Gasteiger partial charge on any atom is 0.410 e. The van der Waals surface area contributed by atoms with Crippen LogP contribution in [0.1, 0.15) is 37.6 Å². The Kier molecular flexibility index (Phi) is 5.13. The van der Waals surface area contributed by atoms with Crippen molar-refractivity contribution in [1.82, 2.24) is 9.80 Å². The lowest BCUT2D eigenvalue weighted by Gasteiger charge is -2.26. The number of carbonyl (C=O) groups excluding carboxylic acids is 2. The maximum absolute atomic E-state index is 12.5. The summed E-state index contributed by atoms with van der Waals surface area (Å²) in [6.45, 7) is 7.75. The first kappa shape index (κ1) is 17.1. The van der Waals surface area contributed by atoms with Gasteiger partial charge in [-0.2, -0.15) is 0 Å². The van der Waals surface area contributed by atoms with Crippen LogP contribution in [0, 0.1) is 0 Å². The molecule has 1 saturated heterocycles. The minimum absolute atomic E-state index is 0.0314. The Morgan fingerprint density at radius 2 is 1.57 bits per heavy atom. The van der Waals surface area contributed by atoms with E-state index in [4.69, 9.17) is 10.5 Å². The summed E-state index contributed by atoms with van der Waals surface area (Å²) in [6, 6.07) is 6.90. The molecule has 0 spiro atoms. The number of carbonyl (C=O) groups is 2. The molecule has 1 fully saturated rings. The molecule has 1 aromatic carbocycles. The second kappa shape index (κ2) is 6.89. The van der Waals surface area contributed by atoms with E-state index in [0.717, 1.165) is 6.42 Å². The summed E-state index contributed by atoms with van der Waals surface area (Å²) >= 11 is 0. The Hall–Kier alpha value is -2.24. The van der Waals surface area contributed by atoms with Gasteiger partial charge in [-0.05, 0) is 51.5 Å². The molecular formula is C17H25N3O3. The van der Waals surface area contributed by atoms with Crippen molar-refractivity contribution in [1.29, 1.82) is 0 Å². The molecule has 1 aliphatic heterocycles. The van der Waals surface area contributed by atoms with Gasteiger partial charge < -0.3 is 20.3 Å². The van der Waals surface area contributed by atoms with E-state index in [1.807, 2.05) is 20.8 Å². The monoisotopic (exact) mass is 319 g/mol. The number of hydrogen-bond donors (Lipinski definition) is 1. The highest BCUT2D eigenvalue weighted by Gasteiger charge is 2.26. The van der Waals surface area contributed by atoms with Crippen LogP contribution in [-0.2, 0) is 4.74 Å². The van der Waals surface area contributed by atoms with Gasteiger partial charge in [0.25, 0.3) is 5.91 Å². The molecule has 0 unspecified atom stereocenters. The van der Waals surface area contributed by atoms with E-state index in [2.05, 4.69) is 0 Å². The lowest BCUT2D eigenvalue weighted by Crippen LogP contribution is -2.40. The first-order valence-electron chi connectivity index (χ1n) is 7.89. The van der Waals surface area contributed by atoms with Gasteiger partial charge in [0.15, 0.2) is 0 Å². The normalized spacial score (nSPS) is 16.0. The topological polar surface area (TPSA) is 75.9 Å². The molecule has 23 heavy (non-hydrogen) atoms.